The summed E-state index contributed by atoms with van der Waals surface area (Å²) < 4.78 is 35.3. The quantitative estimate of drug-likeness (QED) is 0.826. The molecule has 1 N–H and O–H groups in total. The summed E-state index contributed by atoms with van der Waals surface area (Å²) in [5.74, 6) is -0.522. The number of sulfone groups is 1. The minimum Gasteiger partial charge on any atom is -0.367 e. The molecule has 0 aliphatic heterocycles. The first-order valence-electron chi connectivity index (χ1n) is 4.85. The van der Waals surface area contributed by atoms with Gasteiger partial charge >= 0.3 is 0 Å². The van der Waals surface area contributed by atoms with Crippen LogP contribution in [0.3, 0.4) is 0 Å². The van der Waals surface area contributed by atoms with Crippen LogP contribution in [0.4, 0.5) is 10.2 Å². The van der Waals surface area contributed by atoms with E-state index in [1.54, 1.807) is 6.92 Å². The highest BCUT2D eigenvalue weighted by Crippen LogP contribution is 2.12. The van der Waals surface area contributed by atoms with Gasteiger partial charge in [-0.3, -0.25) is 0 Å². The maximum absolute atomic E-state index is 13.6. The van der Waals surface area contributed by atoms with Gasteiger partial charge in [0, 0.05) is 12.8 Å². The molecule has 0 spiro atoms. The molecule has 0 saturated heterocycles. The fourth-order valence-corrected chi connectivity index (χ4v) is 1.60. The second-order valence-corrected chi connectivity index (χ2v) is 5.65. The molecular formula is C9H14FN3O2S. The first kappa shape index (κ1) is 12.8. The first-order valence-corrected chi connectivity index (χ1v) is 6.91. The molecule has 1 rings (SSSR count). The molecule has 0 fully saturated rings. The standard InChI is InChI=1S/C9H14FN3O2S/c1-3-7-8(10)9(13-6-12-7)11-4-5-16(2,14)15/h6H,3-5H2,1-2H3,(H,11,12,13). The SMILES string of the molecule is CCc1ncnc(NCCS(C)(=O)=O)c1F. The van der Waals surface area contributed by atoms with Crippen molar-refractivity contribution in [3.63, 3.8) is 0 Å². The fraction of sp³-hybridized carbons (Fsp3) is 0.556. The summed E-state index contributed by atoms with van der Waals surface area (Å²) in [6.07, 6.45) is 2.85. The lowest BCUT2D eigenvalue weighted by molar-refractivity contribution is 0.594. The van der Waals surface area contributed by atoms with Crippen molar-refractivity contribution in [2.24, 2.45) is 0 Å². The van der Waals surface area contributed by atoms with Crippen LogP contribution in [0.2, 0.25) is 0 Å². The lowest BCUT2D eigenvalue weighted by atomic mass is 10.3. The molecule has 0 unspecified atom stereocenters. The molecule has 1 aromatic rings. The van der Waals surface area contributed by atoms with E-state index >= 15 is 0 Å². The summed E-state index contributed by atoms with van der Waals surface area (Å²) in [5, 5.41) is 2.64. The average Bonchev–Trinajstić information content (AvgIpc) is 2.19. The summed E-state index contributed by atoms with van der Waals surface area (Å²) in [7, 11) is -3.05. The summed E-state index contributed by atoms with van der Waals surface area (Å²) >= 11 is 0. The smallest absolute Gasteiger partial charge is 0.186 e. The van der Waals surface area contributed by atoms with Gasteiger partial charge in [-0.2, -0.15) is 0 Å². The van der Waals surface area contributed by atoms with Crippen LogP contribution >= 0.6 is 0 Å². The molecule has 0 radical (unpaired) electrons. The van der Waals surface area contributed by atoms with Crippen LogP contribution in [0.5, 0.6) is 0 Å². The Morgan fingerprint density at radius 1 is 1.44 bits per heavy atom. The Labute approximate surface area is 94.0 Å². The Bertz CT molecular complexity index is 462. The molecule has 7 heteroatoms. The van der Waals surface area contributed by atoms with Gasteiger partial charge in [-0.15, -0.1) is 0 Å². The highest BCUT2D eigenvalue weighted by atomic mass is 32.2. The Balaban J connectivity index is 2.68. The molecule has 0 saturated carbocycles. The zero-order valence-corrected chi connectivity index (χ0v) is 10.0. The van der Waals surface area contributed by atoms with E-state index in [0.29, 0.717) is 12.1 Å². The Morgan fingerprint density at radius 3 is 2.69 bits per heavy atom. The van der Waals surface area contributed by atoms with Gasteiger partial charge in [-0.25, -0.2) is 22.8 Å². The second kappa shape index (κ2) is 5.20. The molecule has 0 bridgehead atoms. The maximum atomic E-state index is 13.6. The molecule has 16 heavy (non-hydrogen) atoms. The van der Waals surface area contributed by atoms with E-state index in [1.807, 2.05) is 0 Å². The van der Waals surface area contributed by atoms with Crippen LogP contribution in [-0.2, 0) is 16.3 Å². The van der Waals surface area contributed by atoms with Crippen molar-refractivity contribution >= 4 is 15.7 Å². The third-order valence-electron chi connectivity index (χ3n) is 1.96. The molecular weight excluding hydrogens is 233 g/mol. The number of halogens is 1. The van der Waals surface area contributed by atoms with Crippen molar-refractivity contribution in [3.05, 3.63) is 17.8 Å². The average molecular weight is 247 g/mol. The number of hydrogen-bond donors (Lipinski definition) is 1. The Kier molecular flexibility index (Phi) is 4.17. The Morgan fingerprint density at radius 2 is 2.12 bits per heavy atom. The highest BCUT2D eigenvalue weighted by molar-refractivity contribution is 7.90. The minimum absolute atomic E-state index is 0.0514. The second-order valence-electron chi connectivity index (χ2n) is 3.39. The zero-order valence-electron chi connectivity index (χ0n) is 9.20. The third-order valence-corrected chi connectivity index (χ3v) is 2.91. The van der Waals surface area contributed by atoms with Crippen LogP contribution in [0, 0.1) is 5.82 Å². The summed E-state index contributed by atoms with van der Waals surface area (Å²) in [6.45, 7) is 1.92. The number of anilines is 1. The molecule has 5 nitrogen and oxygen atoms in total. The number of nitrogens with zero attached hydrogens (tertiary/aromatic N) is 2. The van der Waals surface area contributed by atoms with E-state index in [9.17, 15) is 12.8 Å². The van der Waals surface area contributed by atoms with E-state index in [4.69, 9.17) is 0 Å². The first-order chi connectivity index (χ1) is 7.44. The number of hydrogen-bond acceptors (Lipinski definition) is 5. The van der Waals surface area contributed by atoms with Gasteiger partial charge in [0.15, 0.2) is 11.6 Å². The molecule has 0 aliphatic carbocycles. The minimum atomic E-state index is -3.05. The van der Waals surface area contributed by atoms with E-state index in [-0.39, 0.29) is 18.1 Å². The largest absolute Gasteiger partial charge is 0.367 e. The number of nitrogens with one attached hydrogen (secondary N) is 1. The summed E-state index contributed by atoms with van der Waals surface area (Å²) in [5.41, 5.74) is 0.317. The number of aryl methyl sites for hydroxylation is 1. The lowest BCUT2D eigenvalue weighted by Crippen LogP contribution is -2.16. The van der Waals surface area contributed by atoms with Crippen molar-refractivity contribution < 1.29 is 12.8 Å². The molecule has 90 valence electrons. The van der Waals surface area contributed by atoms with Gasteiger partial charge in [0.2, 0.25) is 0 Å². The van der Waals surface area contributed by atoms with Crippen molar-refractivity contribution in [3.8, 4) is 0 Å². The Hall–Kier alpha value is -1.24. The molecule has 0 atom stereocenters. The van der Waals surface area contributed by atoms with Gasteiger partial charge in [-0.05, 0) is 6.42 Å². The van der Waals surface area contributed by atoms with E-state index in [2.05, 4.69) is 15.3 Å². The number of aromatic nitrogens is 2. The van der Waals surface area contributed by atoms with Crippen LogP contribution in [-0.4, -0.2) is 36.9 Å². The van der Waals surface area contributed by atoms with Gasteiger partial charge < -0.3 is 5.32 Å². The molecule has 0 amide bonds. The van der Waals surface area contributed by atoms with E-state index < -0.39 is 15.7 Å². The molecule has 1 heterocycles. The van der Waals surface area contributed by atoms with Crippen LogP contribution < -0.4 is 5.32 Å². The third kappa shape index (κ3) is 3.73. The van der Waals surface area contributed by atoms with Crippen LogP contribution in [0.15, 0.2) is 6.33 Å². The lowest BCUT2D eigenvalue weighted by Gasteiger charge is -2.07. The predicted molar refractivity (Wildman–Crippen MR) is 59.6 cm³/mol. The van der Waals surface area contributed by atoms with E-state index in [1.165, 1.54) is 6.33 Å². The maximum Gasteiger partial charge on any atom is 0.186 e. The van der Waals surface area contributed by atoms with Gasteiger partial charge in [0.05, 0.1) is 11.4 Å². The monoisotopic (exact) mass is 247 g/mol. The highest BCUT2D eigenvalue weighted by Gasteiger charge is 2.09. The predicted octanol–water partition coefficient (Wildman–Crippen LogP) is 0.635. The van der Waals surface area contributed by atoms with Crippen molar-refractivity contribution in [1.82, 2.24) is 9.97 Å². The molecule has 0 aromatic carbocycles. The summed E-state index contributed by atoms with van der Waals surface area (Å²) in [4.78, 5) is 7.48. The van der Waals surface area contributed by atoms with Gasteiger partial charge in [0.1, 0.15) is 16.2 Å². The van der Waals surface area contributed by atoms with E-state index in [0.717, 1.165) is 6.26 Å². The van der Waals surface area contributed by atoms with Crippen molar-refractivity contribution in [2.75, 3.05) is 23.9 Å². The number of rotatable bonds is 5. The van der Waals surface area contributed by atoms with Crippen LogP contribution in [0.25, 0.3) is 0 Å². The fourth-order valence-electron chi connectivity index (χ4n) is 1.13. The molecule has 0 aliphatic rings. The molecule has 1 aromatic heterocycles. The van der Waals surface area contributed by atoms with Gasteiger partial charge in [0.25, 0.3) is 0 Å². The normalized spacial score (nSPS) is 11.4. The van der Waals surface area contributed by atoms with Crippen molar-refractivity contribution in [1.29, 1.82) is 0 Å². The zero-order chi connectivity index (χ0) is 12.2. The van der Waals surface area contributed by atoms with Crippen molar-refractivity contribution in [2.45, 2.75) is 13.3 Å². The van der Waals surface area contributed by atoms with Crippen LogP contribution in [0.1, 0.15) is 12.6 Å². The summed E-state index contributed by atoms with van der Waals surface area (Å²) in [6, 6.07) is 0. The van der Waals surface area contributed by atoms with Gasteiger partial charge in [-0.1, -0.05) is 6.92 Å². The topological polar surface area (TPSA) is 72.0 Å².